The van der Waals surface area contributed by atoms with Crippen LogP contribution in [-0.4, -0.2) is 47.2 Å². The summed E-state index contributed by atoms with van der Waals surface area (Å²) in [4.78, 5) is 15.8. The molecule has 198 valence electrons. The Morgan fingerprint density at radius 1 is 1.19 bits per heavy atom. The van der Waals surface area contributed by atoms with Gasteiger partial charge in [0.1, 0.15) is 5.84 Å². The monoisotopic (exact) mass is 494 g/mol. The second kappa shape index (κ2) is 11.9. The van der Waals surface area contributed by atoms with Crippen molar-refractivity contribution in [2.24, 2.45) is 39.8 Å². The van der Waals surface area contributed by atoms with E-state index in [1.54, 1.807) is 0 Å². The molecule has 3 aliphatic carbocycles. The summed E-state index contributed by atoms with van der Waals surface area (Å²) in [6.45, 7) is 13.5. The Balaban J connectivity index is 1.49. The van der Waals surface area contributed by atoms with Gasteiger partial charge in [-0.15, -0.1) is 5.10 Å². The van der Waals surface area contributed by atoms with Crippen molar-refractivity contribution in [1.82, 2.24) is 4.90 Å². The average Bonchev–Trinajstić information content (AvgIpc) is 3.62. The number of anilines is 1. The van der Waals surface area contributed by atoms with Crippen LogP contribution < -0.4 is 5.32 Å². The van der Waals surface area contributed by atoms with Gasteiger partial charge in [0.15, 0.2) is 0 Å². The molecule has 0 aromatic heterocycles. The molecule has 6 nitrogen and oxygen atoms in total. The summed E-state index contributed by atoms with van der Waals surface area (Å²) < 4.78 is 0. The van der Waals surface area contributed by atoms with Crippen molar-refractivity contribution in [3.8, 4) is 0 Å². The molecular formula is C30H46N4O2. The van der Waals surface area contributed by atoms with E-state index >= 15 is 0 Å². The Kier molecular flexibility index (Phi) is 8.87. The zero-order valence-corrected chi connectivity index (χ0v) is 22.7. The molecule has 36 heavy (non-hydrogen) atoms. The van der Waals surface area contributed by atoms with E-state index in [0.717, 1.165) is 54.7 Å². The van der Waals surface area contributed by atoms with E-state index in [9.17, 15) is 9.90 Å². The fourth-order valence-corrected chi connectivity index (χ4v) is 6.36. The molecule has 3 saturated carbocycles. The normalized spacial score (nSPS) is 26.7. The number of carbonyl (C=O) groups is 1. The van der Waals surface area contributed by atoms with Gasteiger partial charge in [0, 0.05) is 37.3 Å². The van der Waals surface area contributed by atoms with Gasteiger partial charge < -0.3 is 15.3 Å². The van der Waals surface area contributed by atoms with E-state index in [1.807, 2.05) is 12.1 Å². The van der Waals surface area contributed by atoms with Gasteiger partial charge in [-0.05, 0) is 93.6 Å². The molecule has 3 fully saturated rings. The molecule has 0 spiro atoms. The highest BCUT2D eigenvalue weighted by atomic mass is 16.3. The minimum Gasteiger partial charge on any atom is -0.393 e. The van der Waals surface area contributed by atoms with Crippen molar-refractivity contribution in [3.63, 3.8) is 0 Å². The van der Waals surface area contributed by atoms with Crippen molar-refractivity contribution in [2.45, 2.75) is 97.6 Å². The first kappa shape index (κ1) is 26.8. The number of rotatable bonds is 12. The minimum atomic E-state index is -0.278. The van der Waals surface area contributed by atoms with Crippen LogP contribution in [0.1, 0.15) is 83.3 Å². The van der Waals surface area contributed by atoms with Gasteiger partial charge in [0.25, 0.3) is 0 Å². The van der Waals surface area contributed by atoms with Gasteiger partial charge in [-0.3, -0.25) is 4.79 Å². The molecule has 6 heteroatoms. The zero-order valence-electron chi connectivity index (χ0n) is 22.7. The maximum absolute atomic E-state index is 13.4. The van der Waals surface area contributed by atoms with Crippen LogP contribution >= 0.6 is 0 Å². The Labute approximate surface area is 217 Å². The van der Waals surface area contributed by atoms with Crippen molar-refractivity contribution < 1.29 is 9.90 Å². The number of carbonyl (C=O) groups excluding carboxylic acids is 1. The van der Waals surface area contributed by atoms with Gasteiger partial charge in [-0.1, -0.05) is 38.5 Å². The fourth-order valence-electron chi connectivity index (χ4n) is 6.36. The van der Waals surface area contributed by atoms with Crippen molar-refractivity contribution in [2.75, 3.05) is 11.9 Å². The van der Waals surface area contributed by atoms with Gasteiger partial charge >= 0.3 is 0 Å². The lowest BCUT2D eigenvalue weighted by Crippen LogP contribution is -2.49. The largest absolute Gasteiger partial charge is 0.393 e. The quantitative estimate of drug-likeness (QED) is 0.218. The van der Waals surface area contributed by atoms with Crippen molar-refractivity contribution >= 4 is 24.1 Å². The number of nitrogens with zero attached hydrogens (tertiary/aromatic N) is 3. The molecule has 1 aromatic rings. The molecular weight excluding hydrogens is 448 g/mol. The van der Waals surface area contributed by atoms with Crippen LogP contribution in [0.25, 0.3) is 0 Å². The first-order valence-corrected chi connectivity index (χ1v) is 14.1. The molecule has 0 aliphatic heterocycles. The van der Waals surface area contributed by atoms with Crippen LogP contribution in [0.5, 0.6) is 0 Å². The SMILES string of the molecule is C=N/N=C(/[C@H](CC(=O)Nc1ccc(C)cc1CC)C1CC(O)C1)N(CC1CC(CC(C)C)C1)C1CC1. The summed E-state index contributed by atoms with van der Waals surface area (Å²) >= 11 is 0. The van der Waals surface area contributed by atoms with Crippen LogP contribution in [0.15, 0.2) is 28.4 Å². The number of benzene rings is 1. The highest BCUT2D eigenvalue weighted by molar-refractivity contribution is 5.96. The maximum atomic E-state index is 13.4. The third kappa shape index (κ3) is 6.76. The van der Waals surface area contributed by atoms with Gasteiger partial charge in [-0.2, -0.15) is 5.10 Å². The Bertz CT molecular complexity index is 942. The van der Waals surface area contributed by atoms with Gasteiger partial charge in [0.2, 0.25) is 5.91 Å². The lowest BCUT2D eigenvalue weighted by molar-refractivity contribution is -0.117. The summed E-state index contributed by atoms with van der Waals surface area (Å²) in [6, 6.07) is 6.69. The molecule has 1 aromatic carbocycles. The van der Waals surface area contributed by atoms with E-state index in [1.165, 1.54) is 37.7 Å². The molecule has 0 saturated heterocycles. The lowest BCUT2D eigenvalue weighted by atomic mass is 9.70. The van der Waals surface area contributed by atoms with Gasteiger partial charge in [0.05, 0.1) is 6.10 Å². The third-order valence-corrected chi connectivity index (χ3v) is 8.42. The second-order valence-electron chi connectivity index (χ2n) is 12.1. The number of amides is 1. The van der Waals surface area contributed by atoms with Crippen LogP contribution in [0, 0.1) is 36.5 Å². The first-order valence-electron chi connectivity index (χ1n) is 14.1. The van der Waals surface area contributed by atoms with Gasteiger partial charge in [-0.25, -0.2) is 0 Å². The summed E-state index contributed by atoms with van der Waals surface area (Å²) in [7, 11) is 0. The lowest BCUT2D eigenvalue weighted by Gasteiger charge is -2.44. The highest BCUT2D eigenvalue weighted by Gasteiger charge is 2.44. The van der Waals surface area contributed by atoms with Crippen LogP contribution in [0.3, 0.4) is 0 Å². The summed E-state index contributed by atoms with van der Waals surface area (Å²) in [5.41, 5.74) is 3.25. The molecule has 3 aliphatic rings. The summed E-state index contributed by atoms with van der Waals surface area (Å²) in [5, 5.41) is 21.9. The number of aliphatic hydroxyl groups excluding tert-OH is 1. The molecule has 4 rings (SSSR count). The van der Waals surface area contributed by atoms with Crippen LogP contribution in [0.4, 0.5) is 5.69 Å². The Hall–Kier alpha value is -2.21. The van der Waals surface area contributed by atoms with Crippen molar-refractivity contribution in [3.05, 3.63) is 29.3 Å². The van der Waals surface area contributed by atoms with E-state index in [0.29, 0.717) is 18.4 Å². The summed E-state index contributed by atoms with van der Waals surface area (Å²) in [5.74, 6) is 3.41. The Morgan fingerprint density at radius 2 is 1.92 bits per heavy atom. The number of aliphatic hydroxyl groups is 1. The molecule has 0 bridgehead atoms. The Morgan fingerprint density at radius 3 is 2.50 bits per heavy atom. The standard InChI is InChI=1S/C30H46N4O2/c1-6-23-12-20(4)7-10-28(23)32-29(36)17-27(24-15-26(35)16-24)30(33-31-5)34(25-8-9-25)18-22-13-21(14-22)11-19(2)3/h7,10,12,19,21-22,24-27,35H,5-6,8-9,11,13-18H2,1-4H3,(H,32,36)/b33-30-/t21?,22?,24?,26?,27-/m1/s1. The molecule has 0 radical (unpaired) electrons. The smallest absolute Gasteiger partial charge is 0.225 e. The number of amidine groups is 1. The fraction of sp³-hybridized carbons (Fsp3) is 0.700. The van der Waals surface area contributed by atoms with E-state index in [-0.39, 0.29) is 23.8 Å². The number of hydrogen-bond acceptors (Lipinski definition) is 4. The van der Waals surface area contributed by atoms with E-state index in [2.05, 4.69) is 60.9 Å². The molecule has 1 amide bonds. The first-order chi connectivity index (χ1) is 17.3. The van der Waals surface area contributed by atoms with Crippen LogP contribution in [-0.2, 0) is 11.2 Å². The average molecular weight is 495 g/mol. The summed E-state index contributed by atoms with van der Waals surface area (Å²) in [6.07, 6.45) is 8.63. The predicted octanol–water partition coefficient (Wildman–Crippen LogP) is 5.82. The maximum Gasteiger partial charge on any atom is 0.225 e. The number of hydrogen-bond donors (Lipinski definition) is 2. The topological polar surface area (TPSA) is 77.3 Å². The number of aryl methyl sites for hydroxylation is 2. The van der Waals surface area contributed by atoms with Crippen LogP contribution in [0.2, 0.25) is 0 Å². The number of nitrogens with one attached hydrogen (secondary N) is 1. The van der Waals surface area contributed by atoms with E-state index in [4.69, 9.17) is 0 Å². The molecule has 0 unspecified atom stereocenters. The second-order valence-corrected chi connectivity index (χ2v) is 12.1. The molecule has 2 N–H and O–H groups in total. The molecule has 0 heterocycles. The molecule has 1 atom stereocenters. The predicted molar refractivity (Wildman–Crippen MR) is 148 cm³/mol. The highest BCUT2D eigenvalue weighted by Crippen LogP contribution is 2.43. The van der Waals surface area contributed by atoms with Crippen molar-refractivity contribution in [1.29, 1.82) is 0 Å². The minimum absolute atomic E-state index is 0.00749. The zero-order chi connectivity index (χ0) is 25.8. The third-order valence-electron chi connectivity index (χ3n) is 8.42. The van der Waals surface area contributed by atoms with E-state index < -0.39 is 0 Å².